The van der Waals surface area contributed by atoms with Crippen molar-refractivity contribution in [1.29, 1.82) is 0 Å². The molecule has 1 heterocycles. The fraction of sp³-hybridized carbons (Fsp3) is 0.286. The van der Waals surface area contributed by atoms with Gasteiger partial charge in [0.05, 0.1) is 11.3 Å². The Morgan fingerprint density at radius 1 is 1.18 bits per heavy atom. The molecule has 0 aliphatic heterocycles. The van der Waals surface area contributed by atoms with Crippen LogP contribution >= 0.6 is 11.8 Å². The number of amides is 1. The smallest absolute Gasteiger partial charge is 0.234 e. The summed E-state index contributed by atoms with van der Waals surface area (Å²) in [6.07, 6.45) is 0.999. The van der Waals surface area contributed by atoms with E-state index < -0.39 is 0 Å². The van der Waals surface area contributed by atoms with Crippen LogP contribution in [0.1, 0.15) is 31.7 Å². The maximum absolute atomic E-state index is 14.0. The summed E-state index contributed by atoms with van der Waals surface area (Å²) in [6.45, 7) is 4.27. The summed E-state index contributed by atoms with van der Waals surface area (Å²) >= 11 is 1.27. The predicted octanol–water partition coefficient (Wildman–Crippen LogP) is 4.87. The highest BCUT2D eigenvalue weighted by atomic mass is 32.2. The molecular weight excluding hydrogens is 375 g/mol. The summed E-state index contributed by atoms with van der Waals surface area (Å²) in [5.74, 6) is 0.525. The summed E-state index contributed by atoms with van der Waals surface area (Å²) in [5, 5.41) is 11.7. The van der Waals surface area contributed by atoms with E-state index in [1.54, 1.807) is 29.8 Å². The van der Waals surface area contributed by atoms with Crippen LogP contribution in [0.4, 0.5) is 10.1 Å². The fourth-order valence-electron chi connectivity index (χ4n) is 2.89. The Morgan fingerprint density at radius 2 is 1.89 bits per heavy atom. The van der Waals surface area contributed by atoms with E-state index in [2.05, 4.69) is 29.4 Å². The van der Waals surface area contributed by atoms with Crippen LogP contribution in [-0.2, 0) is 11.8 Å². The van der Waals surface area contributed by atoms with Gasteiger partial charge >= 0.3 is 0 Å². The van der Waals surface area contributed by atoms with Crippen molar-refractivity contribution in [2.75, 3.05) is 11.1 Å². The molecule has 0 aliphatic carbocycles. The Bertz CT molecular complexity index is 973. The molecule has 0 bridgehead atoms. The predicted molar refractivity (Wildman–Crippen MR) is 111 cm³/mol. The van der Waals surface area contributed by atoms with Gasteiger partial charge in [0.2, 0.25) is 5.91 Å². The summed E-state index contributed by atoms with van der Waals surface area (Å²) in [4.78, 5) is 12.4. The highest BCUT2D eigenvalue weighted by Gasteiger charge is 2.16. The van der Waals surface area contributed by atoms with E-state index in [-0.39, 0.29) is 17.5 Å². The Labute approximate surface area is 168 Å². The highest BCUT2D eigenvalue weighted by molar-refractivity contribution is 7.99. The number of thioether (sulfide) groups is 1. The van der Waals surface area contributed by atoms with E-state index in [1.807, 2.05) is 24.3 Å². The molecule has 1 atom stereocenters. The van der Waals surface area contributed by atoms with Crippen LogP contribution in [0.5, 0.6) is 0 Å². The summed E-state index contributed by atoms with van der Waals surface area (Å²) in [6, 6.07) is 14.3. The van der Waals surface area contributed by atoms with E-state index in [9.17, 15) is 9.18 Å². The van der Waals surface area contributed by atoms with Gasteiger partial charge in [-0.05, 0) is 36.1 Å². The van der Waals surface area contributed by atoms with Gasteiger partial charge in [-0.3, -0.25) is 4.79 Å². The molecule has 0 saturated carbocycles. The molecule has 0 unspecified atom stereocenters. The molecule has 0 aliphatic rings. The molecule has 3 aromatic rings. The van der Waals surface area contributed by atoms with E-state index in [4.69, 9.17) is 0 Å². The van der Waals surface area contributed by atoms with Crippen LogP contribution < -0.4 is 5.32 Å². The number of para-hydroxylation sites is 1. The molecule has 0 fully saturated rings. The van der Waals surface area contributed by atoms with E-state index in [0.717, 1.165) is 17.7 Å². The Hall–Kier alpha value is -2.67. The van der Waals surface area contributed by atoms with Crippen molar-refractivity contribution in [2.45, 2.75) is 31.3 Å². The molecule has 28 heavy (non-hydrogen) atoms. The standard InChI is InChI=1S/C21H23FN4OS/c1-4-14(2)15-9-6-8-12-18(15)23-19(27)13-28-21-25-24-20(26(21)3)16-10-5-7-11-17(16)22/h5-12,14H,4,13H2,1-3H3,(H,23,27)/t14-/m0/s1. The second-order valence-corrected chi connectivity index (χ2v) is 7.52. The Kier molecular flexibility index (Phi) is 6.46. The summed E-state index contributed by atoms with van der Waals surface area (Å²) in [5.41, 5.74) is 2.35. The topological polar surface area (TPSA) is 59.8 Å². The Morgan fingerprint density at radius 3 is 2.64 bits per heavy atom. The number of hydrogen-bond acceptors (Lipinski definition) is 4. The quantitative estimate of drug-likeness (QED) is 0.577. The van der Waals surface area contributed by atoms with Gasteiger partial charge in [0, 0.05) is 12.7 Å². The molecule has 0 radical (unpaired) electrons. The monoisotopic (exact) mass is 398 g/mol. The fourth-order valence-corrected chi connectivity index (χ4v) is 3.61. The number of rotatable bonds is 7. The second-order valence-electron chi connectivity index (χ2n) is 6.58. The molecule has 0 saturated heterocycles. The maximum Gasteiger partial charge on any atom is 0.234 e. The van der Waals surface area contributed by atoms with Crippen LogP contribution in [-0.4, -0.2) is 26.4 Å². The number of carbonyl (C=O) groups excluding carboxylic acids is 1. The molecule has 1 N–H and O–H groups in total. The molecule has 1 aromatic heterocycles. The first-order valence-electron chi connectivity index (χ1n) is 9.17. The first-order valence-corrected chi connectivity index (χ1v) is 10.2. The SMILES string of the molecule is CC[C@H](C)c1ccccc1NC(=O)CSc1nnc(-c2ccccc2F)n1C. The second kappa shape index (κ2) is 9.01. The summed E-state index contributed by atoms with van der Waals surface area (Å²) < 4.78 is 15.7. The minimum Gasteiger partial charge on any atom is -0.325 e. The number of carbonyl (C=O) groups is 1. The lowest BCUT2D eigenvalue weighted by Gasteiger charge is -2.15. The lowest BCUT2D eigenvalue weighted by molar-refractivity contribution is -0.113. The Balaban J connectivity index is 1.67. The van der Waals surface area contributed by atoms with Gasteiger partial charge in [0.25, 0.3) is 0 Å². The van der Waals surface area contributed by atoms with Crippen molar-refractivity contribution < 1.29 is 9.18 Å². The zero-order chi connectivity index (χ0) is 20.1. The van der Waals surface area contributed by atoms with Crippen molar-refractivity contribution in [3.05, 3.63) is 59.9 Å². The molecule has 146 valence electrons. The molecule has 1 amide bonds. The van der Waals surface area contributed by atoms with E-state index in [0.29, 0.717) is 22.5 Å². The molecule has 0 spiro atoms. The maximum atomic E-state index is 14.0. The molecule has 5 nitrogen and oxygen atoms in total. The number of nitrogens with one attached hydrogen (secondary N) is 1. The number of benzene rings is 2. The summed E-state index contributed by atoms with van der Waals surface area (Å²) in [7, 11) is 1.76. The van der Waals surface area contributed by atoms with Crippen LogP contribution in [0.25, 0.3) is 11.4 Å². The number of aromatic nitrogens is 3. The lowest BCUT2D eigenvalue weighted by atomic mass is 9.97. The molecular formula is C21H23FN4OS. The van der Waals surface area contributed by atoms with Crippen molar-refractivity contribution in [3.8, 4) is 11.4 Å². The third-order valence-corrected chi connectivity index (χ3v) is 5.68. The van der Waals surface area contributed by atoms with Crippen LogP contribution in [0, 0.1) is 5.82 Å². The van der Waals surface area contributed by atoms with Crippen molar-refractivity contribution in [2.24, 2.45) is 7.05 Å². The number of hydrogen-bond donors (Lipinski definition) is 1. The lowest BCUT2D eigenvalue weighted by Crippen LogP contribution is -2.16. The average Bonchev–Trinajstić information content (AvgIpc) is 3.07. The van der Waals surface area contributed by atoms with Gasteiger partial charge in [0.15, 0.2) is 11.0 Å². The van der Waals surface area contributed by atoms with Crippen molar-refractivity contribution in [3.63, 3.8) is 0 Å². The van der Waals surface area contributed by atoms with Crippen molar-refractivity contribution >= 4 is 23.4 Å². The van der Waals surface area contributed by atoms with Crippen LogP contribution in [0.15, 0.2) is 53.7 Å². The van der Waals surface area contributed by atoms with Gasteiger partial charge in [-0.1, -0.05) is 55.9 Å². The van der Waals surface area contributed by atoms with Crippen LogP contribution in [0.2, 0.25) is 0 Å². The van der Waals surface area contributed by atoms with Gasteiger partial charge in [-0.2, -0.15) is 0 Å². The first-order chi connectivity index (χ1) is 13.5. The van der Waals surface area contributed by atoms with E-state index in [1.165, 1.54) is 17.8 Å². The number of halogens is 1. The third-order valence-electron chi connectivity index (χ3n) is 4.66. The van der Waals surface area contributed by atoms with Gasteiger partial charge in [-0.15, -0.1) is 10.2 Å². The van der Waals surface area contributed by atoms with E-state index >= 15 is 0 Å². The molecule has 3 rings (SSSR count). The normalized spacial score (nSPS) is 12.0. The zero-order valence-corrected chi connectivity index (χ0v) is 17.0. The average molecular weight is 399 g/mol. The minimum absolute atomic E-state index is 0.115. The highest BCUT2D eigenvalue weighted by Crippen LogP contribution is 2.27. The van der Waals surface area contributed by atoms with Crippen LogP contribution in [0.3, 0.4) is 0 Å². The first kappa shape index (κ1) is 20.1. The molecule has 2 aromatic carbocycles. The zero-order valence-electron chi connectivity index (χ0n) is 16.1. The number of anilines is 1. The minimum atomic E-state index is -0.353. The molecule has 7 heteroatoms. The largest absolute Gasteiger partial charge is 0.325 e. The third kappa shape index (κ3) is 4.42. The van der Waals surface area contributed by atoms with Gasteiger partial charge in [0.1, 0.15) is 5.82 Å². The van der Waals surface area contributed by atoms with Gasteiger partial charge < -0.3 is 9.88 Å². The van der Waals surface area contributed by atoms with Crippen molar-refractivity contribution in [1.82, 2.24) is 14.8 Å². The number of nitrogens with zero attached hydrogens (tertiary/aromatic N) is 3. The van der Waals surface area contributed by atoms with Gasteiger partial charge in [-0.25, -0.2) is 4.39 Å².